The summed E-state index contributed by atoms with van der Waals surface area (Å²) in [5.74, 6) is -1.15. The molecular weight excluding hydrogens is 444 g/mol. The lowest BCUT2D eigenvalue weighted by Gasteiger charge is -2.12. The van der Waals surface area contributed by atoms with Crippen LogP contribution in [0, 0.1) is 0 Å². The van der Waals surface area contributed by atoms with Crippen molar-refractivity contribution in [3.8, 4) is 39.5 Å². The van der Waals surface area contributed by atoms with Crippen LogP contribution in [-0.4, -0.2) is 17.9 Å². The first kappa shape index (κ1) is 24.9. The fourth-order valence-electron chi connectivity index (χ4n) is 2.95. The molecule has 3 aromatic carbocycles. The van der Waals surface area contributed by atoms with Crippen LogP contribution < -0.4 is 14.2 Å². The van der Waals surface area contributed by atoms with Crippen molar-refractivity contribution in [2.24, 2.45) is 0 Å². The van der Waals surface area contributed by atoms with Gasteiger partial charge in [-0.15, -0.1) is 0 Å². The van der Waals surface area contributed by atoms with Crippen LogP contribution in [0.1, 0.15) is 13.8 Å². The molecule has 0 radical (unpaired) electrons. The monoisotopic (exact) mass is 468 g/mol. The van der Waals surface area contributed by atoms with E-state index in [0.29, 0.717) is 11.3 Å². The van der Waals surface area contributed by atoms with Crippen molar-refractivity contribution in [1.29, 1.82) is 0 Å². The Kier molecular flexibility index (Phi) is 7.79. The van der Waals surface area contributed by atoms with Crippen LogP contribution >= 0.6 is 0 Å². The fraction of sp³-hybridized carbons (Fsp3) is 0.0690. The van der Waals surface area contributed by atoms with Gasteiger partial charge in [-0.05, 0) is 60.4 Å². The molecule has 35 heavy (non-hydrogen) atoms. The van der Waals surface area contributed by atoms with E-state index < -0.39 is 17.9 Å². The minimum Gasteiger partial charge on any atom is -0.423 e. The SMILES string of the molecule is C=CC(=O)Oc1cc(-c2ccc(-c3ccc(OC(=O)C(=C)C)cc3)cc2)ccc1OC(=O)C(=C)C. The Labute approximate surface area is 203 Å². The lowest BCUT2D eigenvalue weighted by atomic mass is 10.00. The molecule has 0 fully saturated rings. The largest absolute Gasteiger partial charge is 0.423 e. The molecule has 0 unspecified atom stereocenters. The lowest BCUT2D eigenvalue weighted by molar-refractivity contribution is -0.132. The maximum Gasteiger partial charge on any atom is 0.338 e. The fourth-order valence-corrected chi connectivity index (χ4v) is 2.95. The van der Waals surface area contributed by atoms with Gasteiger partial charge in [0.05, 0.1) is 0 Å². The average molecular weight is 469 g/mol. The van der Waals surface area contributed by atoms with Gasteiger partial charge in [-0.1, -0.05) is 62.2 Å². The Balaban J connectivity index is 1.84. The summed E-state index contributed by atoms with van der Waals surface area (Å²) in [6.07, 6.45) is 1.02. The van der Waals surface area contributed by atoms with Gasteiger partial charge in [-0.2, -0.15) is 0 Å². The van der Waals surface area contributed by atoms with Crippen LogP contribution in [0.15, 0.2) is 104 Å². The Hall–Kier alpha value is -4.71. The van der Waals surface area contributed by atoms with E-state index in [1.165, 1.54) is 6.92 Å². The van der Waals surface area contributed by atoms with Crippen LogP contribution in [0.4, 0.5) is 0 Å². The van der Waals surface area contributed by atoms with Crippen LogP contribution in [0.25, 0.3) is 22.3 Å². The van der Waals surface area contributed by atoms with Crippen LogP contribution in [-0.2, 0) is 14.4 Å². The highest BCUT2D eigenvalue weighted by atomic mass is 16.6. The molecule has 0 aliphatic carbocycles. The number of rotatable bonds is 8. The van der Waals surface area contributed by atoms with E-state index in [1.807, 2.05) is 36.4 Å². The van der Waals surface area contributed by atoms with Gasteiger partial charge in [0.2, 0.25) is 0 Å². The summed E-state index contributed by atoms with van der Waals surface area (Å²) >= 11 is 0. The van der Waals surface area contributed by atoms with Gasteiger partial charge in [0.15, 0.2) is 11.5 Å². The molecule has 176 valence electrons. The predicted molar refractivity (Wildman–Crippen MR) is 134 cm³/mol. The first-order valence-electron chi connectivity index (χ1n) is 10.6. The summed E-state index contributed by atoms with van der Waals surface area (Å²) in [6, 6.07) is 19.8. The highest BCUT2D eigenvalue weighted by Crippen LogP contribution is 2.34. The van der Waals surface area contributed by atoms with Gasteiger partial charge in [0.1, 0.15) is 5.75 Å². The summed E-state index contributed by atoms with van der Waals surface area (Å²) in [5.41, 5.74) is 4.04. The summed E-state index contributed by atoms with van der Waals surface area (Å²) in [6.45, 7) is 13.6. The second-order valence-electron chi connectivity index (χ2n) is 7.73. The quantitative estimate of drug-likeness (QED) is 0.227. The van der Waals surface area contributed by atoms with Gasteiger partial charge >= 0.3 is 17.9 Å². The first-order valence-corrected chi connectivity index (χ1v) is 10.6. The molecule has 0 atom stereocenters. The number of benzene rings is 3. The Bertz CT molecular complexity index is 1310. The molecular formula is C29H24O6. The number of esters is 3. The molecule has 0 aliphatic heterocycles. The van der Waals surface area contributed by atoms with Gasteiger partial charge < -0.3 is 14.2 Å². The zero-order valence-electron chi connectivity index (χ0n) is 19.5. The average Bonchev–Trinajstić information content (AvgIpc) is 2.85. The van der Waals surface area contributed by atoms with Gasteiger partial charge in [-0.3, -0.25) is 0 Å². The van der Waals surface area contributed by atoms with Gasteiger partial charge in [0.25, 0.3) is 0 Å². The second kappa shape index (κ2) is 10.9. The second-order valence-corrected chi connectivity index (χ2v) is 7.73. The van der Waals surface area contributed by atoms with Crippen molar-refractivity contribution in [3.63, 3.8) is 0 Å². The third-order valence-electron chi connectivity index (χ3n) is 4.84. The Morgan fingerprint density at radius 2 is 1.09 bits per heavy atom. The van der Waals surface area contributed by atoms with E-state index in [9.17, 15) is 14.4 Å². The Morgan fingerprint density at radius 3 is 1.60 bits per heavy atom. The summed E-state index contributed by atoms with van der Waals surface area (Å²) < 4.78 is 15.8. The molecule has 0 spiro atoms. The molecule has 0 heterocycles. The standard InChI is InChI=1S/C29H24O6/c1-6-27(30)34-26-17-23(13-16-25(26)35-29(32)19(4)5)22-9-7-20(8-10-22)21-11-14-24(15-12-21)33-28(31)18(2)3/h6-17H,1-2,4H2,3,5H3. The predicted octanol–water partition coefficient (Wildman–Crippen LogP) is 6.08. The molecule has 0 N–H and O–H groups in total. The lowest BCUT2D eigenvalue weighted by Crippen LogP contribution is -2.11. The molecule has 0 bridgehead atoms. The summed E-state index contributed by atoms with van der Waals surface area (Å²) in [7, 11) is 0. The highest BCUT2D eigenvalue weighted by molar-refractivity contribution is 5.90. The minimum absolute atomic E-state index is 0.0889. The van der Waals surface area contributed by atoms with E-state index in [2.05, 4.69) is 19.7 Å². The number of carbonyl (C=O) groups is 3. The maximum atomic E-state index is 11.9. The van der Waals surface area contributed by atoms with Crippen molar-refractivity contribution >= 4 is 17.9 Å². The van der Waals surface area contributed by atoms with Crippen molar-refractivity contribution in [3.05, 3.63) is 104 Å². The topological polar surface area (TPSA) is 78.9 Å². The molecule has 0 aromatic heterocycles. The third-order valence-corrected chi connectivity index (χ3v) is 4.84. The van der Waals surface area contributed by atoms with E-state index in [4.69, 9.17) is 14.2 Å². The molecule has 0 amide bonds. The highest BCUT2D eigenvalue weighted by Gasteiger charge is 2.15. The maximum absolute atomic E-state index is 11.9. The van der Waals surface area contributed by atoms with E-state index in [-0.39, 0.29) is 17.1 Å². The smallest absolute Gasteiger partial charge is 0.338 e. The normalized spacial score (nSPS) is 10.1. The summed E-state index contributed by atoms with van der Waals surface area (Å²) in [5, 5.41) is 0. The Morgan fingerprint density at radius 1 is 0.629 bits per heavy atom. The molecule has 6 heteroatoms. The van der Waals surface area contributed by atoms with Crippen molar-refractivity contribution in [2.75, 3.05) is 0 Å². The van der Waals surface area contributed by atoms with E-state index in [1.54, 1.807) is 37.3 Å². The molecule has 0 aliphatic rings. The zero-order chi connectivity index (χ0) is 25.5. The van der Waals surface area contributed by atoms with Crippen LogP contribution in [0.5, 0.6) is 17.2 Å². The van der Waals surface area contributed by atoms with Crippen LogP contribution in [0.2, 0.25) is 0 Å². The van der Waals surface area contributed by atoms with Crippen molar-refractivity contribution < 1.29 is 28.6 Å². The summed E-state index contributed by atoms with van der Waals surface area (Å²) in [4.78, 5) is 35.4. The third kappa shape index (κ3) is 6.42. The number of carbonyl (C=O) groups excluding carboxylic acids is 3. The molecule has 3 aromatic rings. The van der Waals surface area contributed by atoms with Crippen LogP contribution in [0.3, 0.4) is 0 Å². The first-order chi connectivity index (χ1) is 16.7. The van der Waals surface area contributed by atoms with E-state index >= 15 is 0 Å². The molecule has 0 saturated carbocycles. The molecule has 0 saturated heterocycles. The molecule has 3 rings (SSSR count). The van der Waals surface area contributed by atoms with Gasteiger partial charge in [0, 0.05) is 17.2 Å². The zero-order valence-corrected chi connectivity index (χ0v) is 19.5. The van der Waals surface area contributed by atoms with Crippen molar-refractivity contribution in [2.45, 2.75) is 13.8 Å². The number of hydrogen-bond acceptors (Lipinski definition) is 6. The van der Waals surface area contributed by atoms with Crippen molar-refractivity contribution in [1.82, 2.24) is 0 Å². The minimum atomic E-state index is -0.678. The van der Waals surface area contributed by atoms with E-state index in [0.717, 1.165) is 28.3 Å². The van der Waals surface area contributed by atoms with Gasteiger partial charge in [-0.25, -0.2) is 14.4 Å². The molecule has 6 nitrogen and oxygen atoms in total. The number of ether oxygens (including phenoxy) is 3. The number of hydrogen-bond donors (Lipinski definition) is 0.